The number of benzene rings is 2. The van der Waals surface area contributed by atoms with Gasteiger partial charge in [-0.25, -0.2) is 9.78 Å². The third kappa shape index (κ3) is 3.18. The van der Waals surface area contributed by atoms with Crippen LogP contribution in [-0.4, -0.2) is 26.5 Å². The van der Waals surface area contributed by atoms with Crippen molar-refractivity contribution in [1.82, 2.24) is 9.55 Å². The number of carbonyl (C=O) groups is 2. The van der Waals surface area contributed by atoms with E-state index in [1.54, 1.807) is 10.6 Å². The highest BCUT2D eigenvalue weighted by molar-refractivity contribution is 6.36. The minimum Gasteiger partial charge on any atom is -0.474 e. The Hall–Kier alpha value is -3.74. The largest absolute Gasteiger partial charge is 0.474 e. The van der Waals surface area contributed by atoms with E-state index < -0.39 is 11.9 Å². The number of rotatable bonds is 2. The Morgan fingerprint density at radius 1 is 1.21 bits per heavy atom. The lowest BCUT2D eigenvalue weighted by molar-refractivity contribution is -0.147. The summed E-state index contributed by atoms with van der Waals surface area (Å²) < 4.78 is 1.65. The van der Waals surface area contributed by atoms with E-state index in [-0.39, 0.29) is 11.2 Å². The molecule has 0 atom stereocenters. The molecule has 7 nitrogen and oxygen atoms in total. The van der Waals surface area contributed by atoms with Crippen LogP contribution in [0.25, 0.3) is 22.6 Å². The third-order valence-corrected chi connectivity index (χ3v) is 4.68. The predicted octanol–water partition coefficient (Wildman–Crippen LogP) is 2.67. The molecule has 1 aliphatic heterocycles. The minimum absolute atomic E-state index is 0.149. The van der Waals surface area contributed by atoms with Crippen molar-refractivity contribution in [2.45, 2.75) is 19.9 Å². The molecule has 140 valence electrons. The molecule has 0 bridgehead atoms. The number of nitrogens with one attached hydrogen (secondary N) is 1. The van der Waals surface area contributed by atoms with Crippen molar-refractivity contribution in [2.75, 3.05) is 5.32 Å². The Bertz CT molecular complexity index is 1220. The van der Waals surface area contributed by atoms with Crippen LogP contribution in [-0.2, 0) is 16.1 Å². The topological polar surface area (TPSA) is 101 Å². The first-order valence-corrected chi connectivity index (χ1v) is 8.79. The van der Waals surface area contributed by atoms with Gasteiger partial charge in [-0.05, 0) is 48.8 Å². The lowest BCUT2D eigenvalue weighted by atomic mass is 10.1. The van der Waals surface area contributed by atoms with Crippen molar-refractivity contribution in [2.24, 2.45) is 0 Å². The van der Waals surface area contributed by atoms with Gasteiger partial charge in [0.15, 0.2) is 0 Å². The maximum atomic E-state index is 12.8. The summed E-state index contributed by atoms with van der Waals surface area (Å²) in [5, 5.41) is 11.4. The van der Waals surface area contributed by atoms with Gasteiger partial charge in [0, 0.05) is 12.2 Å². The van der Waals surface area contributed by atoms with E-state index in [1.165, 1.54) is 12.1 Å². The van der Waals surface area contributed by atoms with Crippen LogP contribution < -0.4 is 10.9 Å². The van der Waals surface area contributed by atoms with Crippen LogP contribution in [0.1, 0.15) is 23.4 Å². The molecule has 2 aromatic carbocycles. The number of carboxylic acids is 1. The molecule has 0 aliphatic carbocycles. The quantitative estimate of drug-likeness (QED) is 0.671. The number of anilines is 1. The molecule has 0 unspecified atom stereocenters. The van der Waals surface area contributed by atoms with Gasteiger partial charge >= 0.3 is 11.9 Å². The SMILES string of the molecule is Cc1cccc(/C=C2\CCn3c2nc2cc(NC(=O)C(=O)O)ccc2c3=O)c1. The number of aryl methyl sites for hydroxylation is 1. The van der Waals surface area contributed by atoms with E-state index in [9.17, 15) is 14.4 Å². The number of hydrogen-bond acceptors (Lipinski definition) is 4. The molecule has 0 spiro atoms. The molecule has 0 saturated heterocycles. The monoisotopic (exact) mass is 375 g/mol. The van der Waals surface area contributed by atoms with Crippen LogP contribution in [0.3, 0.4) is 0 Å². The first-order valence-electron chi connectivity index (χ1n) is 8.79. The van der Waals surface area contributed by atoms with Gasteiger partial charge in [0.1, 0.15) is 5.82 Å². The number of fused-ring (bicyclic) bond motifs is 2. The average Bonchev–Trinajstić information content (AvgIpc) is 3.04. The molecule has 7 heteroatoms. The summed E-state index contributed by atoms with van der Waals surface area (Å²) in [5.74, 6) is -2.12. The van der Waals surface area contributed by atoms with Gasteiger partial charge in [-0.1, -0.05) is 29.8 Å². The third-order valence-electron chi connectivity index (χ3n) is 4.68. The Morgan fingerprint density at radius 2 is 2.04 bits per heavy atom. The first kappa shape index (κ1) is 17.7. The number of nitrogens with zero attached hydrogens (tertiary/aromatic N) is 2. The van der Waals surface area contributed by atoms with Crippen LogP contribution in [0, 0.1) is 6.92 Å². The normalized spacial score (nSPS) is 14.2. The van der Waals surface area contributed by atoms with E-state index in [0.29, 0.717) is 29.7 Å². The minimum atomic E-state index is -1.58. The number of aromatic nitrogens is 2. The van der Waals surface area contributed by atoms with Crippen LogP contribution >= 0.6 is 0 Å². The molecule has 2 heterocycles. The molecule has 0 fully saturated rings. The Kier molecular flexibility index (Phi) is 4.27. The van der Waals surface area contributed by atoms with E-state index in [0.717, 1.165) is 16.7 Å². The highest BCUT2D eigenvalue weighted by atomic mass is 16.4. The molecule has 3 aromatic rings. The van der Waals surface area contributed by atoms with Gasteiger partial charge in [0.05, 0.1) is 10.9 Å². The van der Waals surface area contributed by atoms with Gasteiger partial charge in [0.25, 0.3) is 5.56 Å². The second-order valence-electron chi connectivity index (χ2n) is 6.72. The molecular formula is C21H17N3O4. The average molecular weight is 375 g/mol. The second kappa shape index (κ2) is 6.77. The fourth-order valence-corrected chi connectivity index (χ4v) is 3.38. The fourth-order valence-electron chi connectivity index (χ4n) is 3.38. The molecule has 0 saturated carbocycles. The zero-order chi connectivity index (χ0) is 19.8. The van der Waals surface area contributed by atoms with Gasteiger partial charge in [-0.15, -0.1) is 0 Å². The van der Waals surface area contributed by atoms with E-state index in [1.807, 2.05) is 31.2 Å². The predicted molar refractivity (Wildman–Crippen MR) is 106 cm³/mol. The van der Waals surface area contributed by atoms with E-state index >= 15 is 0 Å². The summed E-state index contributed by atoms with van der Waals surface area (Å²) in [6.45, 7) is 2.58. The Morgan fingerprint density at radius 3 is 2.79 bits per heavy atom. The number of amides is 1. The smallest absolute Gasteiger partial charge is 0.394 e. The maximum absolute atomic E-state index is 12.8. The van der Waals surface area contributed by atoms with Crippen LogP contribution in [0.15, 0.2) is 47.3 Å². The van der Waals surface area contributed by atoms with Gasteiger partial charge in [0.2, 0.25) is 0 Å². The van der Waals surface area contributed by atoms with Gasteiger partial charge in [-0.3, -0.25) is 14.2 Å². The fraction of sp³-hybridized carbons (Fsp3) is 0.143. The zero-order valence-corrected chi connectivity index (χ0v) is 15.1. The molecule has 1 aromatic heterocycles. The van der Waals surface area contributed by atoms with Crippen molar-refractivity contribution < 1.29 is 14.7 Å². The molecule has 1 aliphatic rings. The summed E-state index contributed by atoms with van der Waals surface area (Å²) in [7, 11) is 0. The molecular weight excluding hydrogens is 358 g/mol. The van der Waals surface area contributed by atoms with Crippen molar-refractivity contribution in [3.8, 4) is 0 Å². The summed E-state index contributed by atoms with van der Waals surface area (Å²) in [5.41, 5.74) is 3.69. The molecule has 2 N–H and O–H groups in total. The lowest BCUT2D eigenvalue weighted by Crippen LogP contribution is -2.23. The number of hydrogen-bond donors (Lipinski definition) is 2. The standard InChI is InChI=1S/C21H17N3O4/c1-12-3-2-4-13(9-12)10-14-7-8-24-18(14)23-17-11-15(22-19(25)21(27)28)5-6-16(17)20(24)26/h2-6,9-11H,7-8H2,1H3,(H,22,25)(H,27,28)/b14-10+. The lowest BCUT2D eigenvalue weighted by Gasteiger charge is -2.08. The number of allylic oxidation sites excluding steroid dienone is 1. The van der Waals surface area contributed by atoms with Crippen LogP contribution in [0.2, 0.25) is 0 Å². The van der Waals surface area contributed by atoms with Gasteiger partial charge in [-0.2, -0.15) is 0 Å². The summed E-state index contributed by atoms with van der Waals surface area (Å²) in [4.78, 5) is 39.6. The van der Waals surface area contributed by atoms with Crippen molar-refractivity contribution in [3.63, 3.8) is 0 Å². The number of carbonyl (C=O) groups excluding carboxylic acids is 1. The van der Waals surface area contributed by atoms with Gasteiger partial charge < -0.3 is 10.4 Å². The summed E-state index contributed by atoms with van der Waals surface area (Å²) in [6.07, 6.45) is 2.73. The first-order chi connectivity index (χ1) is 13.4. The Balaban J connectivity index is 1.80. The highest BCUT2D eigenvalue weighted by Gasteiger charge is 2.21. The van der Waals surface area contributed by atoms with Crippen LogP contribution in [0.4, 0.5) is 5.69 Å². The number of carboxylic acid groups (broad SMARTS) is 1. The second-order valence-corrected chi connectivity index (χ2v) is 6.72. The molecule has 1 amide bonds. The van der Waals surface area contributed by atoms with Crippen LogP contribution in [0.5, 0.6) is 0 Å². The molecule has 28 heavy (non-hydrogen) atoms. The van der Waals surface area contributed by atoms with Crippen molar-refractivity contribution in [1.29, 1.82) is 0 Å². The maximum Gasteiger partial charge on any atom is 0.394 e. The highest BCUT2D eigenvalue weighted by Crippen LogP contribution is 2.28. The number of aliphatic carboxylic acids is 1. The molecule has 0 radical (unpaired) electrons. The van der Waals surface area contributed by atoms with Crippen molar-refractivity contribution >= 4 is 40.1 Å². The zero-order valence-electron chi connectivity index (χ0n) is 15.1. The van der Waals surface area contributed by atoms with Crippen molar-refractivity contribution in [3.05, 3.63) is 69.8 Å². The van der Waals surface area contributed by atoms with E-state index in [4.69, 9.17) is 5.11 Å². The summed E-state index contributed by atoms with van der Waals surface area (Å²) >= 11 is 0. The summed E-state index contributed by atoms with van der Waals surface area (Å²) in [6, 6.07) is 12.6. The Labute approximate surface area is 160 Å². The van der Waals surface area contributed by atoms with E-state index in [2.05, 4.69) is 16.4 Å². The molecule has 4 rings (SSSR count).